The Morgan fingerprint density at radius 3 is 2.88 bits per heavy atom. The zero-order valence-electron chi connectivity index (χ0n) is 8.90. The van der Waals surface area contributed by atoms with E-state index >= 15 is 0 Å². The van der Waals surface area contributed by atoms with Crippen molar-refractivity contribution in [2.75, 3.05) is 11.4 Å². The summed E-state index contributed by atoms with van der Waals surface area (Å²) in [5.74, 6) is -0.132. The highest BCUT2D eigenvalue weighted by molar-refractivity contribution is 9.10. The van der Waals surface area contributed by atoms with Crippen LogP contribution in [0, 0.1) is 24.2 Å². The molecule has 1 aromatic carbocycles. The first-order valence-corrected chi connectivity index (χ1v) is 5.87. The Hall–Kier alpha value is -1.34. The third-order valence-corrected chi connectivity index (χ3v) is 3.25. The van der Waals surface area contributed by atoms with E-state index in [1.54, 1.807) is 4.90 Å². The van der Waals surface area contributed by atoms with Gasteiger partial charge in [-0.15, -0.1) is 0 Å². The number of hydrogen-bond donors (Lipinski definition) is 0. The molecule has 1 unspecified atom stereocenters. The Morgan fingerprint density at radius 1 is 1.56 bits per heavy atom. The van der Waals surface area contributed by atoms with Crippen molar-refractivity contribution in [3.05, 3.63) is 28.2 Å². The van der Waals surface area contributed by atoms with Gasteiger partial charge in [0, 0.05) is 23.1 Å². The number of amides is 1. The van der Waals surface area contributed by atoms with Gasteiger partial charge in [0.25, 0.3) is 0 Å². The van der Waals surface area contributed by atoms with Gasteiger partial charge in [-0.2, -0.15) is 5.26 Å². The minimum absolute atomic E-state index is 0.0389. The second-order valence-electron chi connectivity index (χ2n) is 3.97. The predicted octanol–water partition coefficient (Wildman–Crippen LogP) is 2.63. The molecule has 0 bridgehead atoms. The molecular formula is C12H11BrN2O. The van der Waals surface area contributed by atoms with Crippen LogP contribution in [-0.2, 0) is 4.79 Å². The molecule has 0 radical (unpaired) electrons. The van der Waals surface area contributed by atoms with Crippen molar-refractivity contribution in [2.45, 2.75) is 13.3 Å². The van der Waals surface area contributed by atoms with Gasteiger partial charge in [0.15, 0.2) is 0 Å². The maximum atomic E-state index is 11.7. The lowest BCUT2D eigenvalue weighted by Crippen LogP contribution is -2.25. The van der Waals surface area contributed by atoms with Crippen molar-refractivity contribution < 1.29 is 4.79 Å². The van der Waals surface area contributed by atoms with Crippen molar-refractivity contribution >= 4 is 27.5 Å². The van der Waals surface area contributed by atoms with Crippen LogP contribution in [-0.4, -0.2) is 12.5 Å². The van der Waals surface area contributed by atoms with E-state index in [2.05, 4.69) is 22.0 Å². The van der Waals surface area contributed by atoms with Gasteiger partial charge in [0.2, 0.25) is 5.91 Å². The number of carbonyl (C=O) groups is 1. The lowest BCUT2D eigenvalue weighted by Gasteiger charge is -2.18. The molecule has 0 saturated carbocycles. The maximum absolute atomic E-state index is 11.7. The maximum Gasteiger partial charge on any atom is 0.228 e. The summed E-state index contributed by atoms with van der Waals surface area (Å²) in [4.78, 5) is 13.4. The molecule has 0 aromatic heterocycles. The molecule has 1 atom stereocenters. The molecule has 82 valence electrons. The number of halogens is 1. The topological polar surface area (TPSA) is 44.1 Å². The number of anilines is 1. The SMILES string of the molecule is Cc1cc(Br)ccc1N1CC(C#N)CC1=O. The van der Waals surface area contributed by atoms with E-state index in [0.717, 1.165) is 15.7 Å². The number of hydrogen-bond acceptors (Lipinski definition) is 2. The molecule has 1 fully saturated rings. The number of nitriles is 1. The van der Waals surface area contributed by atoms with Crippen molar-refractivity contribution in [1.82, 2.24) is 0 Å². The minimum atomic E-state index is -0.171. The van der Waals surface area contributed by atoms with E-state index in [1.165, 1.54) is 0 Å². The summed E-state index contributed by atoms with van der Waals surface area (Å²) in [6.07, 6.45) is 0.339. The molecule has 1 heterocycles. The average molecular weight is 279 g/mol. The third kappa shape index (κ3) is 1.96. The molecule has 1 amide bonds. The van der Waals surface area contributed by atoms with E-state index in [1.807, 2.05) is 25.1 Å². The molecule has 1 aliphatic heterocycles. The van der Waals surface area contributed by atoms with Crippen LogP contribution >= 0.6 is 15.9 Å². The molecule has 16 heavy (non-hydrogen) atoms. The van der Waals surface area contributed by atoms with Gasteiger partial charge >= 0.3 is 0 Å². The molecule has 0 N–H and O–H groups in total. The first-order chi connectivity index (χ1) is 7.61. The fourth-order valence-electron chi connectivity index (χ4n) is 1.95. The summed E-state index contributed by atoms with van der Waals surface area (Å²) in [6, 6.07) is 7.95. The molecule has 0 spiro atoms. The van der Waals surface area contributed by atoms with Crippen molar-refractivity contribution in [3.63, 3.8) is 0 Å². The standard InChI is InChI=1S/C12H11BrN2O/c1-8-4-10(13)2-3-11(8)15-7-9(6-14)5-12(15)16/h2-4,9H,5,7H2,1H3. The van der Waals surface area contributed by atoms with Crippen LogP contribution in [0.3, 0.4) is 0 Å². The largest absolute Gasteiger partial charge is 0.311 e. The lowest BCUT2D eigenvalue weighted by atomic mass is 10.1. The molecule has 3 nitrogen and oxygen atoms in total. The van der Waals surface area contributed by atoms with Crippen LogP contribution < -0.4 is 4.90 Å². The Bertz CT molecular complexity index is 478. The number of nitrogens with zero attached hydrogens (tertiary/aromatic N) is 2. The average Bonchev–Trinajstić information content (AvgIpc) is 2.60. The summed E-state index contributed by atoms with van der Waals surface area (Å²) in [5, 5.41) is 8.83. The normalized spacial score (nSPS) is 19.9. The second-order valence-corrected chi connectivity index (χ2v) is 4.88. The minimum Gasteiger partial charge on any atom is -0.311 e. The Labute approximate surface area is 103 Å². The summed E-state index contributed by atoms with van der Waals surface area (Å²) in [5.41, 5.74) is 1.95. The van der Waals surface area contributed by atoms with Gasteiger partial charge in [0.1, 0.15) is 0 Å². The van der Waals surface area contributed by atoms with E-state index in [9.17, 15) is 4.79 Å². The highest BCUT2D eigenvalue weighted by Crippen LogP contribution is 2.29. The summed E-state index contributed by atoms with van der Waals surface area (Å²) in [6.45, 7) is 2.48. The number of benzene rings is 1. The van der Waals surface area contributed by atoms with E-state index in [-0.39, 0.29) is 11.8 Å². The summed E-state index contributed by atoms with van der Waals surface area (Å²) in [7, 11) is 0. The molecule has 1 aliphatic rings. The van der Waals surface area contributed by atoms with E-state index < -0.39 is 0 Å². The van der Waals surface area contributed by atoms with Crippen LogP contribution in [0.1, 0.15) is 12.0 Å². The van der Waals surface area contributed by atoms with E-state index in [0.29, 0.717) is 13.0 Å². The summed E-state index contributed by atoms with van der Waals surface area (Å²) >= 11 is 3.39. The van der Waals surface area contributed by atoms with Crippen molar-refractivity contribution in [3.8, 4) is 6.07 Å². The second kappa shape index (κ2) is 4.26. The lowest BCUT2D eigenvalue weighted by molar-refractivity contribution is -0.117. The van der Waals surface area contributed by atoms with Gasteiger partial charge in [-0.3, -0.25) is 4.79 Å². The van der Waals surface area contributed by atoms with Gasteiger partial charge in [-0.25, -0.2) is 0 Å². The monoisotopic (exact) mass is 278 g/mol. The smallest absolute Gasteiger partial charge is 0.228 e. The summed E-state index contributed by atoms with van der Waals surface area (Å²) < 4.78 is 0.997. The Kier molecular flexibility index (Phi) is 2.97. The quantitative estimate of drug-likeness (QED) is 0.793. The first kappa shape index (κ1) is 11.2. The number of aryl methyl sites for hydroxylation is 1. The molecule has 1 saturated heterocycles. The molecule has 4 heteroatoms. The zero-order chi connectivity index (χ0) is 11.7. The van der Waals surface area contributed by atoms with Crippen LogP contribution in [0.15, 0.2) is 22.7 Å². The third-order valence-electron chi connectivity index (χ3n) is 2.76. The molecule has 0 aliphatic carbocycles. The number of rotatable bonds is 1. The van der Waals surface area contributed by atoms with Crippen LogP contribution in [0.5, 0.6) is 0 Å². The highest BCUT2D eigenvalue weighted by atomic mass is 79.9. The molecular weight excluding hydrogens is 268 g/mol. The van der Waals surface area contributed by atoms with Crippen molar-refractivity contribution in [1.29, 1.82) is 5.26 Å². The Balaban J connectivity index is 2.32. The van der Waals surface area contributed by atoms with Crippen LogP contribution in [0.25, 0.3) is 0 Å². The predicted molar refractivity (Wildman–Crippen MR) is 65.0 cm³/mol. The van der Waals surface area contributed by atoms with Crippen LogP contribution in [0.4, 0.5) is 5.69 Å². The van der Waals surface area contributed by atoms with Crippen LogP contribution in [0.2, 0.25) is 0 Å². The first-order valence-electron chi connectivity index (χ1n) is 5.08. The fraction of sp³-hybridized carbons (Fsp3) is 0.333. The van der Waals surface area contributed by atoms with Crippen molar-refractivity contribution in [2.24, 2.45) is 5.92 Å². The van der Waals surface area contributed by atoms with E-state index in [4.69, 9.17) is 5.26 Å². The highest BCUT2D eigenvalue weighted by Gasteiger charge is 2.31. The zero-order valence-corrected chi connectivity index (χ0v) is 10.5. The fourth-order valence-corrected chi connectivity index (χ4v) is 2.42. The van der Waals surface area contributed by atoms with Gasteiger partial charge < -0.3 is 4.90 Å². The Morgan fingerprint density at radius 2 is 2.31 bits per heavy atom. The van der Waals surface area contributed by atoms with Gasteiger partial charge in [-0.05, 0) is 30.7 Å². The molecule has 2 rings (SSSR count). The molecule has 1 aromatic rings. The number of carbonyl (C=O) groups excluding carboxylic acids is 1. The van der Waals surface area contributed by atoms with Gasteiger partial charge in [-0.1, -0.05) is 15.9 Å². The van der Waals surface area contributed by atoms with Gasteiger partial charge in [0.05, 0.1) is 12.0 Å².